The molecule has 0 radical (unpaired) electrons. The summed E-state index contributed by atoms with van der Waals surface area (Å²) in [6, 6.07) is 6.28. The molecule has 0 aromatic heterocycles. The van der Waals surface area contributed by atoms with Gasteiger partial charge in [-0.15, -0.1) is 0 Å². The van der Waals surface area contributed by atoms with Gasteiger partial charge in [0.2, 0.25) is 0 Å². The molecule has 0 amide bonds. The van der Waals surface area contributed by atoms with E-state index in [2.05, 4.69) is 95.2 Å². The average Bonchev–Trinajstić information content (AvgIpc) is 2.52. The van der Waals surface area contributed by atoms with Gasteiger partial charge in [0.1, 0.15) is 0 Å². The van der Waals surface area contributed by atoms with Crippen LogP contribution in [0.15, 0.2) is 18.2 Å². The van der Waals surface area contributed by atoms with E-state index in [4.69, 9.17) is 4.74 Å². The molecular formula is C26H46O2P2. The summed E-state index contributed by atoms with van der Waals surface area (Å²) in [6.45, 7) is 28.5. The molecule has 0 spiro atoms. The number of ether oxygens (including phenoxy) is 1. The Labute approximate surface area is 189 Å². The van der Waals surface area contributed by atoms with Crippen molar-refractivity contribution in [2.45, 2.75) is 116 Å². The second-order valence-corrected chi connectivity index (χ2v) is 20.0. The van der Waals surface area contributed by atoms with Crippen LogP contribution in [0.3, 0.4) is 0 Å². The van der Waals surface area contributed by atoms with Crippen LogP contribution in [-0.4, -0.2) is 33.7 Å². The van der Waals surface area contributed by atoms with Crippen molar-refractivity contribution >= 4 is 21.8 Å². The van der Waals surface area contributed by atoms with E-state index in [0.717, 1.165) is 12.3 Å². The minimum Gasteiger partial charge on any atom is -0.465 e. The third-order valence-corrected chi connectivity index (χ3v) is 13.3. The maximum Gasteiger partial charge on any atom is 0.337 e. The molecule has 1 aromatic carbocycles. The molecule has 0 atom stereocenters. The van der Waals surface area contributed by atoms with Crippen molar-refractivity contribution in [2.75, 3.05) is 7.11 Å². The van der Waals surface area contributed by atoms with Crippen LogP contribution in [0.5, 0.6) is 0 Å². The Morgan fingerprint density at radius 3 is 1.40 bits per heavy atom. The Morgan fingerprint density at radius 2 is 1.07 bits per heavy atom. The third kappa shape index (κ3) is 7.60. The molecule has 0 saturated carbocycles. The molecular weight excluding hydrogens is 406 g/mol. The smallest absolute Gasteiger partial charge is 0.337 e. The summed E-state index contributed by atoms with van der Waals surface area (Å²) in [4.78, 5) is 12.3. The minimum absolute atomic E-state index is 0.241. The first-order valence-corrected chi connectivity index (χ1v) is 14.1. The molecule has 0 heterocycles. The highest BCUT2D eigenvalue weighted by atomic mass is 31.1. The Kier molecular flexibility index (Phi) is 8.81. The first-order valence-electron chi connectivity index (χ1n) is 11.0. The van der Waals surface area contributed by atoms with Crippen molar-refractivity contribution in [3.05, 3.63) is 34.9 Å². The van der Waals surface area contributed by atoms with E-state index in [1.165, 1.54) is 18.2 Å². The lowest BCUT2D eigenvalue weighted by Crippen LogP contribution is -2.27. The van der Waals surface area contributed by atoms with Crippen molar-refractivity contribution in [1.29, 1.82) is 0 Å². The van der Waals surface area contributed by atoms with E-state index in [9.17, 15) is 4.79 Å². The van der Waals surface area contributed by atoms with Crippen LogP contribution in [0.1, 0.15) is 105 Å². The lowest BCUT2D eigenvalue weighted by atomic mass is 10.1. The van der Waals surface area contributed by atoms with Gasteiger partial charge in [-0.2, -0.15) is 0 Å². The molecule has 0 unspecified atom stereocenters. The van der Waals surface area contributed by atoms with Crippen molar-refractivity contribution in [1.82, 2.24) is 0 Å². The predicted molar refractivity (Wildman–Crippen MR) is 138 cm³/mol. The van der Waals surface area contributed by atoms with E-state index in [1.807, 2.05) is 6.07 Å². The van der Waals surface area contributed by atoms with Gasteiger partial charge in [0, 0.05) is 0 Å². The zero-order valence-electron chi connectivity index (χ0n) is 21.9. The number of carbonyl (C=O) groups is 1. The maximum absolute atomic E-state index is 12.3. The molecule has 30 heavy (non-hydrogen) atoms. The number of hydrogen-bond donors (Lipinski definition) is 0. The van der Waals surface area contributed by atoms with Crippen LogP contribution < -0.4 is 0 Å². The third-order valence-electron chi connectivity index (χ3n) is 5.52. The normalized spacial score (nSPS) is 13.8. The lowest BCUT2D eigenvalue weighted by Gasteiger charge is -2.43. The van der Waals surface area contributed by atoms with E-state index < -0.39 is 0 Å². The van der Waals surface area contributed by atoms with E-state index in [0.29, 0.717) is 5.56 Å². The summed E-state index contributed by atoms with van der Waals surface area (Å²) in [5, 5.41) is 1.02. The van der Waals surface area contributed by atoms with Crippen LogP contribution in [0.25, 0.3) is 0 Å². The van der Waals surface area contributed by atoms with Crippen molar-refractivity contribution in [3.8, 4) is 0 Å². The molecule has 0 fully saturated rings. The SMILES string of the molecule is COC(=O)c1ccc(CP(C(C)(C)C)C(C)(C)C)c(CP(C(C)(C)C)C(C)(C)C)c1. The molecule has 4 heteroatoms. The van der Waals surface area contributed by atoms with Crippen molar-refractivity contribution in [3.63, 3.8) is 0 Å². The Balaban J connectivity index is 3.55. The number of rotatable bonds is 5. The Bertz CT molecular complexity index is 697. The van der Waals surface area contributed by atoms with Gasteiger partial charge in [-0.1, -0.05) is 105 Å². The van der Waals surface area contributed by atoms with Gasteiger partial charge in [-0.25, -0.2) is 4.79 Å². The van der Waals surface area contributed by atoms with Crippen LogP contribution in [0.4, 0.5) is 0 Å². The molecule has 0 aliphatic rings. The fourth-order valence-electron chi connectivity index (χ4n) is 4.47. The molecule has 0 saturated heterocycles. The zero-order valence-corrected chi connectivity index (χ0v) is 23.6. The van der Waals surface area contributed by atoms with Crippen molar-refractivity contribution < 1.29 is 9.53 Å². The van der Waals surface area contributed by atoms with Gasteiger partial charge in [0.15, 0.2) is 0 Å². The number of methoxy groups -OCH3 is 1. The Morgan fingerprint density at radius 1 is 0.700 bits per heavy atom. The van der Waals surface area contributed by atoms with Gasteiger partial charge in [-0.05, 0) is 56.2 Å². The fourth-order valence-corrected chi connectivity index (χ4v) is 11.7. The lowest BCUT2D eigenvalue weighted by molar-refractivity contribution is 0.0600. The van der Waals surface area contributed by atoms with E-state index in [-0.39, 0.29) is 42.4 Å². The van der Waals surface area contributed by atoms with E-state index in [1.54, 1.807) is 0 Å². The maximum atomic E-state index is 12.3. The van der Waals surface area contributed by atoms with Crippen LogP contribution in [-0.2, 0) is 17.1 Å². The number of esters is 1. The quantitative estimate of drug-likeness (QED) is 0.330. The first-order chi connectivity index (χ1) is 13.3. The standard InChI is InChI=1S/C26H46O2P2/c1-23(2,3)29(24(4,5)6)17-20-15-14-19(22(27)28-13)16-21(20)18-30(25(7,8)9)26(10,11)12/h14-16H,17-18H2,1-13H3. The van der Waals surface area contributed by atoms with Crippen LogP contribution >= 0.6 is 15.8 Å². The highest BCUT2D eigenvalue weighted by Gasteiger charge is 2.37. The average molecular weight is 453 g/mol. The van der Waals surface area contributed by atoms with Crippen LogP contribution in [0.2, 0.25) is 0 Å². The van der Waals surface area contributed by atoms with Gasteiger partial charge in [0.05, 0.1) is 12.7 Å². The van der Waals surface area contributed by atoms with Gasteiger partial charge in [0.25, 0.3) is 0 Å². The van der Waals surface area contributed by atoms with Gasteiger partial charge < -0.3 is 4.74 Å². The molecule has 0 N–H and O–H groups in total. The fraction of sp³-hybridized carbons (Fsp3) is 0.731. The molecule has 0 aliphatic heterocycles. The second-order valence-electron chi connectivity index (χ2n) is 12.3. The number of benzene rings is 1. The van der Waals surface area contributed by atoms with Crippen LogP contribution in [0, 0.1) is 0 Å². The highest BCUT2D eigenvalue weighted by Crippen LogP contribution is 2.64. The monoisotopic (exact) mass is 452 g/mol. The molecule has 0 bridgehead atoms. The van der Waals surface area contributed by atoms with Gasteiger partial charge >= 0.3 is 5.97 Å². The summed E-state index contributed by atoms with van der Waals surface area (Å²) in [6.07, 6.45) is 2.14. The van der Waals surface area contributed by atoms with E-state index >= 15 is 0 Å². The summed E-state index contributed by atoms with van der Waals surface area (Å²) in [5.74, 6) is -0.243. The number of carbonyl (C=O) groups excluding carboxylic acids is 1. The largest absolute Gasteiger partial charge is 0.465 e. The summed E-state index contributed by atoms with van der Waals surface area (Å²) in [5.41, 5.74) is 3.43. The molecule has 0 aliphatic carbocycles. The zero-order chi connectivity index (χ0) is 23.7. The molecule has 1 aromatic rings. The molecule has 2 nitrogen and oxygen atoms in total. The number of hydrogen-bond acceptors (Lipinski definition) is 2. The predicted octanol–water partition coefficient (Wildman–Crippen LogP) is 8.63. The topological polar surface area (TPSA) is 26.3 Å². The molecule has 172 valence electrons. The second kappa shape index (κ2) is 9.58. The van der Waals surface area contributed by atoms with Crippen molar-refractivity contribution in [2.24, 2.45) is 0 Å². The Hall–Kier alpha value is -0.450. The highest BCUT2D eigenvalue weighted by molar-refractivity contribution is 7.60. The first kappa shape index (κ1) is 27.6. The summed E-state index contributed by atoms with van der Waals surface area (Å²) >= 11 is 0. The summed E-state index contributed by atoms with van der Waals surface area (Å²) in [7, 11) is 0.913. The summed E-state index contributed by atoms with van der Waals surface area (Å²) < 4.78 is 5.03. The molecule has 1 rings (SSSR count). The minimum atomic E-state index is -0.297. The van der Waals surface area contributed by atoms with Gasteiger partial charge in [-0.3, -0.25) is 0 Å².